The summed E-state index contributed by atoms with van der Waals surface area (Å²) in [7, 11) is 1.56. The highest BCUT2D eigenvalue weighted by Gasteiger charge is 2.14. The van der Waals surface area contributed by atoms with E-state index in [1.165, 1.54) is 0 Å². The fourth-order valence-corrected chi connectivity index (χ4v) is 1.93. The average molecular weight is 274 g/mol. The molecule has 0 aliphatic carbocycles. The van der Waals surface area contributed by atoms with Crippen LogP contribution in [0.2, 0.25) is 0 Å². The zero-order valence-electron chi connectivity index (χ0n) is 11.8. The molecular weight excluding hydrogens is 256 g/mol. The van der Waals surface area contributed by atoms with Crippen molar-refractivity contribution in [1.82, 2.24) is 9.78 Å². The lowest BCUT2D eigenvalue weighted by atomic mass is 10.2. The largest absolute Gasteiger partial charge is 0.497 e. The van der Waals surface area contributed by atoms with Gasteiger partial charge in [-0.25, -0.2) is 0 Å². The third-order valence-electron chi connectivity index (χ3n) is 2.94. The molecule has 0 aliphatic rings. The van der Waals surface area contributed by atoms with E-state index in [1.54, 1.807) is 36.1 Å². The van der Waals surface area contributed by atoms with E-state index in [9.17, 15) is 4.79 Å². The molecule has 1 amide bonds. The summed E-state index contributed by atoms with van der Waals surface area (Å²) in [6.45, 7) is 4.41. The monoisotopic (exact) mass is 274 g/mol. The third-order valence-corrected chi connectivity index (χ3v) is 2.94. The molecule has 2 rings (SSSR count). The first kappa shape index (κ1) is 13.9. The lowest BCUT2D eigenvalue weighted by Gasteiger charge is -2.10. The van der Waals surface area contributed by atoms with Crippen LogP contribution in [0.1, 0.15) is 23.1 Å². The second-order valence-electron chi connectivity index (χ2n) is 4.39. The Hall–Kier alpha value is -2.50. The van der Waals surface area contributed by atoms with Crippen LogP contribution < -0.4 is 15.8 Å². The third kappa shape index (κ3) is 2.74. The Balaban J connectivity index is 2.27. The molecule has 1 heterocycles. The molecule has 0 spiro atoms. The molecule has 1 aromatic carbocycles. The summed E-state index contributed by atoms with van der Waals surface area (Å²) in [6.07, 6.45) is 0. The van der Waals surface area contributed by atoms with Crippen LogP contribution in [0, 0.1) is 6.92 Å². The Labute approximate surface area is 117 Å². The van der Waals surface area contributed by atoms with Crippen molar-refractivity contribution in [2.24, 2.45) is 0 Å². The van der Waals surface area contributed by atoms with Gasteiger partial charge in [0.1, 0.15) is 11.4 Å². The Bertz CT molecular complexity index is 634. The van der Waals surface area contributed by atoms with Gasteiger partial charge in [-0.3, -0.25) is 9.48 Å². The van der Waals surface area contributed by atoms with E-state index in [2.05, 4.69) is 10.4 Å². The van der Waals surface area contributed by atoms with Gasteiger partial charge in [-0.05, 0) is 32.0 Å². The molecule has 0 saturated carbocycles. The zero-order chi connectivity index (χ0) is 14.7. The number of hydrogen-bond acceptors (Lipinski definition) is 4. The Kier molecular flexibility index (Phi) is 3.93. The first-order valence-corrected chi connectivity index (χ1v) is 6.34. The molecule has 106 valence electrons. The number of carbonyl (C=O) groups excluding carboxylic acids is 1. The summed E-state index contributed by atoms with van der Waals surface area (Å²) < 4.78 is 6.78. The van der Waals surface area contributed by atoms with E-state index in [1.807, 2.05) is 13.8 Å². The van der Waals surface area contributed by atoms with Crippen molar-refractivity contribution in [2.45, 2.75) is 20.4 Å². The van der Waals surface area contributed by atoms with Gasteiger partial charge in [0, 0.05) is 12.6 Å². The van der Waals surface area contributed by atoms with Crippen LogP contribution in [0.5, 0.6) is 5.75 Å². The van der Waals surface area contributed by atoms with Crippen LogP contribution in [0.15, 0.2) is 24.3 Å². The van der Waals surface area contributed by atoms with E-state index in [0.717, 1.165) is 5.69 Å². The number of benzene rings is 1. The van der Waals surface area contributed by atoms with Crippen LogP contribution >= 0.6 is 0 Å². The number of carbonyl (C=O) groups is 1. The number of amides is 1. The molecule has 20 heavy (non-hydrogen) atoms. The molecular formula is C14H18N4O2. The Morgan fingerprint density at radius 3 is 2.85 bits per heavy atom. The van der Waals surface area contributed by atoms with Crippen LogP contribution in [-0.4, -0.2) is 22.8 Å². The highest BCUT2D eigenvalue weighted by molar-refractivity contribution is 6.04. The number of anilines is 2. The predicted octanol–water partition coefficient (Wildman–Crippen LogP) is 2.05. The smallest absolute Gasteiger partial charge is 0.274 e. The molecule has 0 bridgehead atoms. The first-order chi connectivity index (χ1) is 9.55. The fourth-order valence-electron chi connectivity index (χ4n) is 1.93. The Morgan fingerprint density at radius 2 is 2.20 bits per heavy atom. The lowest BCUT2D eigenvalue weighted by Crippen LogP contribution is -2.18. The maximum Gasteiger partial charge on any atom is 0.274 e. The van der Waals surface area contributed by atoms with Crippen molar-refractivity contribution in [2.75, 3.05) is 18.2 Å². The first-order valence-electron chi connectivity index (χ1n) is 6.34. The summed E-state index contributed by atoms with van der Waals surface area (Å²) in [5.74, 6) is 0.391. The molecule has 6 heteroatoms. The number of nitrogens with one attached hydrogen (secondary N) is 1. The van der Waals surface area contributed by atoms with Gasteiger partial charge in [0.05, 0.1) is 24.2 Å². The van der Waals surface area contributed by atoms with Crippen molar-refractivity contribution in [3.8, 4) is 5.75 Å². The van der Waals surface area contributed by atoms with Gasteiger partial charge < -0.3 is 15.8 Å². The van der Waals surface area contributed by atoms with Crippen molar-refractivity contribution in [3.05, 3.63) is 35.7 Å². The van der Waals surface area contributed by atoms with Crippen molar-refractivity contribution in [3.63, 3.8) is 0 Å². The number of methoxy groups -OCH3 is 1. The summed E-state index contributed by atoms with van der Waals surface area (Å²) in [5, 5.41) is 7.03. The van der Waals surface area contributed by atoms with Gasteiger partial charge in [0.15, 0.2) is 0 Å². The number of rotatable bonds is 4. The molecule has 1 aromatic heterocycles. The van der Waals surface area contributed by atoms with Gasteiger partial charge in [-0.1, -0.05) is 0 Å². The van der Waals surface area contributed by atoms with E-state index in [0.29, 0.717) is 29.4 Å². The van der Waals surface area contributed by atoms with Gasteiger partial charge in [-0.15, -0.1) is 0 Å². The normalized spacial score (nSPS) is 10.3. The number of nitrogens with two attached hydrogens (primary N) is 1. The van der Waals surface area contributed by atoms with Gasteiger partial charge in [-0.2, -0.15) is 5.10 Å². The summed E-state index contributed by atoms with van der Waals surface area (Å²) in [6, 6.07) is 6.87. The molecule has 6 nitrogen and oxygen atoms in total. The van der Waals surface area contributed by atoms with Crippen LogP contribution in [-0.2, 0) is 6.54 Å². The number of ether oxygens (including phenoxy) is 1. The molecule has 0 fully saturated rings. The number of nitrogen functional groups attached to an aromatic ring is 1. The standard InChI is InChI=1S/C14H18N4O2/c1-4-18-13(7-9(2)17-18)14(19)16-12-8-10(20-3)5-6-11(12)15/h5-8H,4,15H2,1-3H3,(H,16,19). The van der Waals surface area contributed by atoms with Crippen molar-refractivity contribution >= 4 is 17.3 Å². The quantitative estimate of drug-likeness (QED) is 0.836. The molecule has 0 radical (unpaired) electrons. The summed E-state index contributed by atoms with van der Waals surface area (Å²) in [5.41, 5.74) is 8.17. The Morgan fingerprint density at radius 1 is 1.45 bits per heavy atom. The predicted molar refractivity (Wildman–Crippen MR) is 78.0 cm³/mol. The van der Waals surface area contributed by atoms with E-state index in [4.69, 9.17) is 10.5 Å². The summed E-state index contributed by atoms with van der Waals surface area (Å²) in [4.78, 5) is 12.3. The zero-order valence-corrected chi connectivity index (χ0v) is 11.8. The van der Waals surface area contributed by atoms with Gasteiger partial charge in [0.2, 0.25) is 0 Å². The number of aryl methyl sites for hydroxylation is 2. The van der Waals surface area contributed by atoms with Crippen molar-refractivity contribution in [1.29, 1.82) is 0 Å². The number of nitrogens with zero attached hydrogens (tertiary/aromatic N) is 2. The highest BCUT2D eigenvalue weighted by Crippen LogP contribution is 2.24. The molecule has 3 N–H and O–H groups in total. The number of aromatic nitrogens is 2. The minimum atomic E-state index is -0.243. The molecule has 0 atom stereocenters. The van der Waals surface area contributed by atoms with Crippen LogP contribution in [0.4, 0.5) is 11.4 Å². The molecule has 0 aliphatic heterocycles. The van der Waals surface area contributed by atoms with E-state index in [-0.39, 0.29) is 5.91 Å². The fraction of sp³-hybridized carbons (Fsp3) is 0.286. The maximum absolute atomic E-state index is 12.3. The minimum absolute atomic E-state index is 0.243. The SMILES string of the molecule is CCn1nc(C)cc1C(=O)Nc1cc(OC)ccc1N. The molecule has 0 unspecified atom stereocenters. The maximum atomic E-state index is 12.3. The average Bonchev–Trinajstić information content (AvgIpc) is 2.82. The summed E-state index contributed by atoms with van der Waals surface area (Å²) >= 11 is 0. The second kappa shape index (κ2) is 5.64. The van der Waals surface area contributed by atoms with Gasteiger partial charge >= 0.3 is 0 Å². The van der Waals surface area contributed by atoms with E-state index < -0.39 is 0 Å². The highest BCUT2D eigenvalue weighted by atomic mass is 16.5. The van der Waals surface area contributed by atoms with Crippen molar-refractivity contribution < 1.29 is 9.53 Å². The molecule has 0 saturated heterocycles. The van der Waals surface area contributed by atoms with Crippen LogP contribution in [0.3, 0.4) is 0 Å². The van der Waals surface area contributed by atoms with Gasteiger partial charge in [0.25, 0.3) is 5.91 Å². The minimum Gasteiger partial charge on any atom is -0.497 e. The lowest BCUT2D eigenvalue weighted by molar-refractivity contribution is 0.101. The second-order valence-corrected chi connectivity index (χ2v) is 4.39. The topological polar surface area (TPSA) is 82.2 Å². The van der Waals surface area contributed by atoms with E-state index >= 15 is 0 Å². The number of hydrogen-bond donors (Lipinski definition) is 2. The molecule has 2 aromatic rings. The van der Waals surface area contributed by atoms with Crippen LogP contribution in [0.25, 0.3) is 0 Å².